The first-order valence-corrected chi connectivity index (χ1v) is 20.7. The van der Waals surface area contributed by atoms with Crippen molar-refractivity contribution in [2.45, 2.75) is 0 Å². The van der Waals surface area contributed by atoms with Crippen LogP contribution in [0.15, 0.2) is 212 Å². The lowest BCUT2D eigenvalue weighted by molar-refractivity contribution is 1.18. The molecule has 0 N–H and O–H groups in total. The van der Waals surface area contributed by atoms with Gasteiger partial charge >= 0.3 is 0 Å². The van der Waals surface area contributed by atoms with Crippen LogP contribution in [0.1, 0.15) is 0 Å². The largest absolute Gasteiger partial charge is 0.309 e. The van der Waals surface area contributed by atoms with E-state index in [4.69, 9.17) is 0 Å². The van der Waals surface area contributed by atoms with Crippen LogP contribution in [0.4, 0.5) is 0 Å². The molecular formula is C56H35NS. The van der Waals surface area contributed by atoms with E-state index in [-0.39, 0.29) is 0 Å². The zero-order valence-electron chi connectivity index (χ0n) is 31.6. The van der Waals surface area contributed by atoms with Gasteiger partial charge in [-0.05, 0) is 115 Å². The minimum Gasteiger partial charge on any atom is -0.309 e. The van der Waals surface area contributed by atoms with Crippen LogP contribution < -0.4 is 0 Å². The van der Waals surface area contributed by atoms with Gasteiger partial charge in [0.25, 0.3) is 0 Å². The van der Waals surface area contributed by atoms with Gasteiger partial charge in [-0.3, -0.25) is 0 Å². The Labute approximate surface area is 340 Å². The number of hydrogen-bond acceptors (Lipinski definition) is 1. The first-order chi connectivity index (χ1) is 28.8. The number of para-hydroxylation sites is 1. The van der Waals surface area contributed by atoms with Gasteiger partial charge in [-0.1, -0.05) is 164 Å². The number of nitrogens with zero attached hydrogens (tertiary/aromatic N) is 1. The van der Waals surface area contributed by atoms with Crippen molar-refractivity contribution >= 4 is 74.9 Å². The van der Waals surface area contributed by atoms with Crippen LogP contribution in [0, 0.1) is 0 Å². The highest BCUT2D eigenvalue weighted by molar-refractivity contribution is 7.25. The minimum absolute atomic E-state index is 1.17. The molecule has 0 radical (unpaired) electrons. The van der Waals surface area contributed by atoms with Crippen LogP contribution in [0.5, 0.6) is 0 Å². The van der Waals surface area contributed by atoms with Gasteiger partial charge in [0.2, 0.25) is 0 Å². The summed E-state index contributed by atoms with van der Waals surface area (Å²) in [6, 6.07) is 78.1. The van der Waals surface area contributed by atoms with Crippen LogP contribution >= 0.6 is 11.3 Å². The van der Waals surface area contributed by atoms with Crippen LogP contribution in [0.3, 0.4) is 0 Å². The van der Waals surface area contributed by atoms with Crippen LogP contribution in [-0.4, -0.2) is 4.57 Å². The van der Waals surface area contributed by atoms with E-state index < -0.39 is 0 Å². The molecule has 0 bridgehead atoms. The average molecular weight is 754 g/mol. The second-order valence-corrected chi connectivity index (χ2v) is 16.3. The number of thiophene rings is 1. The van der Waals surface area contributed by atoms with E-state index in [0.29, 0.717) is 0 Å². The summed E-state index contributed by atoms with van der Waals surface area (Å²) in [7, 11) is 0. The maximum Gasteiger partial charge on any atom is 0.0548 e. The van der Waals surface area contributed by atoms with E-state index in [0.717, 1.165) is 0 Å². The predicted octanol–water partition coefficient (Wildman–Crippen LogP) is 16.1. The molecule has 2 aromatic heterocycles. The van der Waals surface area contributed by atoms with Crippen LogP contribution in [0.25, 0.3) is 114 Å². The van der Waals surface area contributed by atoms with Gasteiger partial charge in [0.15, 0.2) is 0 Å². The lowest BCUT2D eigenvalue weighted by Crippen LogP contribution is -1.93. The first kappa shape index (κ1) is 32.9. The van der Waals surface area contributed by atoms with E-state index in [2.05, 4.69) is 217 Å². The summed E-state index contributed by atoms with van der Waals surface area (Å²) in [4.78, 5) is 0. The summed E-state index contributed by atoms with van der Waals surface area (Å²) < 4.78 is 5.08. The van der Waals surface area contributed by atoms with Crippen molar-refractivity contribution in [3.8, 4) is 50.2 Å². The third kappa shape index (κ3) is 5.16. The van der Waals surface area contributed by atoms with Gasteiger partial charge in [0.05, 0.1) is 11.0 Å². The maximum absolute atomic E-state index is 2.43. The zero-order valence-corrected chi connectivity index (χ0v) is 32.4. The monoisotopic (exact) mass is 753 g/mol. The van der Waals surface area contributed by atoms with E-state index in [1.54, 1.807) is 0 Å². The van der Waals surface area contributed by atoms with Crippen molar-refractivity contribution in [1.29, 1.82) is 0 Å². The Bertz CT molecular complexity index is 3480. The summed E-state index contributed by atoms with van der Waals surface area (Å²) >= 11 is 1.88. The van der Waals surface area contributed by atoms with Crippen molar-refractivity contribution in [2.24, 2.45) is 0 Å². The van der Waals surface area contributed by atoms with Gasteiger partial charge in [0.1, 0.15) is 0 Å². The standard InChI is InChI=1S/C56H35NS/c1-3-14-37(15-4-1)55-44-21-7-9-23-46(44)56(47-24-10-8-22-45(47)55)38-28-26-36(27-29-38)39-16-13-17-40(32-39)41-30-31-51-48(33-41)49-35-54-50(43-20-11-12-25-53(43)58-54)34-52(49)57(51)42-18-5-2-6-19-42/h1-35H. The summed E-state index contributed by atoms with van der Waals surface area (Å²) in [5, 5.41) is 10.3. The summed E-state index contributed by atoms with van der Waals surface area (Å²) in [6.07, 6.45) is 0. The van der Waals surface area contributed by atoms with E-state index in [1.807, 2.05) is 11.3 Å². The van der Waals surface area contributed by atoms with Crippen LogP contribution in [0.2, 0.25) is 0 Å². The molecule has 0 unspecified atom stereocenters. The Morgan fingerprint density at radius 1 is 0.259 bits per heavy atom. The highest BCUT2D eigenvalue weighted by Gasteiger charge is 2.18. The Morgan fingerprint density at radius 3 is 1.41 bits per heavy atom. The number of aromatic nitrogens is 1. The van der Waals surface area contributed by atoms with E-state index in [9.17, 15) is 0 Å². The zero-order chi connectivity index (χ0) is 38.2. The number of rotatable bonds is 5. The van der Waals surface area contributed by atoms with Crippen molar-refractivity contribution in [3.05, 3.63) is 212 Å². The molecule has 0 aliphatic rings. The Balaban J connectivity index is 0.968. The molecule has 12 aromatic rings. The molecule has 12 rings (SSSR count). The van der Waals surface area contributed by atoms with Gasteiger partial charge < -0.3 is 4.57 Å². The highest BCUT2D eigenvalue weighted by atomic mass is 32.1. The third-order valence-corrected chi connectivity index (χ3v) is 13.1. The predicted molar refractivity (Wildman–Crippen MR) is 250 cm³/mol. The van der Waals surface area contributed by atoms with E-state index >= 15 is 0 Å². The molecular weight excluding hydrogens is 719 g/mol. The second kappa shape index (κ2) is 13.2. The number of fused-ring (bicyclic) bond motifs is 8. The topological polar surface area (TPSA) is 4.93 Å². The van der Waals surface area contributed by atoms with Crippen molar-refractivity contribution in [2.75, 3.05) is 0 Å². The van der Waals surface area contributed by atoms with E-state index in [1.165, 1.54) is 114 Å². The fourth-order valence-corrected chi connectivity index (χ4v) is 10.5. The minimum atomic E-state index is 1.17. The Kier molecular flexibility index (Phi) is 7.47. The van der Waals surface area contributed by atoms with Gasteiger partial charge in [-0.15, -0.1) is 11.3 Å². The van der Waals surface area contributed by atoms with Gasteiger partial charge in [0, 0.05) is 36.6 Å². The Hall–Kier alpha value is -7.26. The molecule has 270 valence electrons. The molecule has 0 spiro atoms. The molecule has 0 atom stereocenters. The molecule has 2 heteroatoms. The second-order valence-electron chi connectivity index (χ2n) is 15.2. The molecule has 58 heavy (non-hydrogen) atoms. The fraction of sp³-hybridized carbons (Fsp3) is 0. The van der Waals surface area contributed by atoms with Crippen molar-refractivity contribution < 1.29 is 0 Å². The SMILES string of the molecule is c1ccc(-c2c3ccccc3c(-c3ccc(-c4cccc(-c5ccc6c(c5)c5cc7sc8ccccc8c7cc5n6-c5ccccc5)c4)cc3)c3ccccc23)cc1. The molecule has 2 heterocycles. The molecule has 0 saturated carbocycles. The maximum atomic E-state index is 2.43. The first-order valence-electron chi connectivity index (χ1n) is 19.9. The summed E-state index contributed by atoms with van der Waals surface area (Å²) in [5.74, 6) is 0. The average Bonchev–Trinajstić information content (AvgIpc) is 3.82. The summed E-state index contributed by atoms with van der Waals surface area (Å²) in [5.41, 5.74) is 13.5. The number of hydrogen-bond donors (Lipinski definition) is 0. The molecule has 0 aliphatic heterocycles. The molecule has 0 saturated heterocycles. The lowest BCUT2D eigenvalue weighted by atomic mass is 9.85. The third-order valence-electron chi connectivity index (χ3n) is 12.0. The van der Waals surface area contributed by atoms with Crippen molar-refractivity contribution in [3.63, 3.8) is 0 Å². The Morgan fingerprint density at radius 2 is 0.741 bits per heavy atom. The molecule has 0 aliphatic carbocycles. The van der Waals surface area contributed by atoms with Crippen LogP contribution in [-0.2, 0) is 0 Å². The molecule has 10 aromatic carbocycles. The number of benzene rings is 10. The van der Waals surface area contributed by atoms with Crippen molar-refractivity contribution in [1.82, 2.24) is 4.57 Å². The lowest BCUT2D eigenvalue weighted by Gasteiger charge is -2.18. The van der Waals surface area contributed by atoms with Gasteiger partial charge in [-0.2, -0.15) is 0 Å². The quantitative estimate of drug-likeness (QED) is 0.154. The molecule has 1 nitrogen and oxygen atoms in total. The molecule has 0 amide bonds. The fourth-order valence-electron chi connectivity index (χ4n) is 9.33. The summed E-state index contributed by atoms with van der Waals surface area (Å²) in [6.45, 7) is 0. The van der Waals surface area contributed by atoms with Gasteiger partial charge in [-0.25, -0.2) is 0 Å². The highest BCUT2D eigenvalue weighted by Crippen LogP contribution is 2.45. The normalized spacial score (nSPS) is 11.8. The molecule has 0 fully saturated rings. The smallest absolute Gasteiger partial charge is 0.0548 e.